The number of para-hydroxylation sites is 1. The first-order valence-electron chi connectivity index (χ1n) is 5.52. The Kier molecular flexibility index (Phi) is 2.37. The Bertz CT molecular complexity index is 705. The van der Waals surface area contributed by atoms with Crippen LogP contribution in [0.4, 0.5) is 5.95 Å². The highest BCUT2D eigenvalue weighted by atomic mass is 16.5. The average molecular weight is 240 g/mol. The second kappa shape index (κ2) is 4.03. The van der Waals surface area contributed by atoms with Crippen molar-refractivity contribution in [1.82, 2.24) is 14.5 Å². The summed E-state index contributed by atoms with van der Waals surface area (Å²) in [5.74, 6) is 1.46. The van der Waals surface area contributed by atoms with Crippen LogP contribution in [0, 0.1) is 0 Å². The molecule has 0 saturated carbocycles. The molecule has 3 rings (SSSR count). The molecule has 2 heterocycles. The van der Waals surface area contributed by atoms with Crippen molar-refractivity contribution in [2.45, 2.75) is 0 Å². The lowest BCUT2D eigenvalue weighted by Gasteiger charge is -2.09. The SMILES string of the molecule is COc1cnc(N)nc1-n1ccc2ccccc21. The van der Waals surface area contributed by atoms with Gasteiger partial charge in [0.15, 0.2) is 11.6 Å². The Labute approximate surface area is 104 Å². The molecule has 0 radical (unpaired) electrons. The van der Waals surface area contributed by atoms with Gasteiger partial charge in [-0.15, -0.1) is 0 Å². The summed E-state index contributed by atoms with van der Waals surface area (Å²) in [5, 5.41) is 1.14. The quantitative estimate of drug-likeness (QED) is 0.744. The van der Waals surface area contributed by atoms with E-state index in [1.807, 2.05) is 41.1 Å². The lowest BCUT2D eigenvalue weighted by Crippen LogP contribution is -2.04. The number of hydrogen-bond donors (Lipinski definition) is 1. The van der Waals surface area contributed by atoms with Crippen molar-refractivity contribution in [2.24, 2.45) is 0 Å². The summed E-state index contributed by atoms with van der Waals surface area (Å²) in [5.41, 5.74) is 6.69. The molecule has 18 heavy (non-hydrogen) atoms. The van der Waals surface area contributed by atoms with Gasteiger partial charge >= 0.3 is 0 Å². The molecule has 0 bridgehead atoms. The maximum Gasteiger partial charge on any atom is 0.222 e. The van der Waals surface area contributed by atoms with Crippen LogP contribution in [-0.2, 0) is 0 Å². The second-order valence-corrected chi connectivity index (χ2v) is 3.86. The maximum absolute atomic E-state index is 5.64. The molecule has 0 aliphatic rings. The first-order valence-corrected chi connectivity index (χ1v) is 5.52. The van der Waals surface area contributed by atoms with E-state index in [1.165, 1.54) is 0 Å². The highest BCUT2D eigenvalue weighted by Crippen LogP contribution is 2.25. The number of benzene rings is 1. The molecule has 0 fully saturated rings. The normalized spacial score (nSPS) is 10.7. The van der Waals surface area contributed by atoms with Crippen molar-refractivity contribution in [3.8, 4) is 11.6 Å². The van der Waals surface area contributed by atoms with Crippen molar-refractivity contribution in [2.75, 3.05) is 12.8 Å². The van der Waals surface area contributed by atoms with Crippen LogP contribution in [0.3, 0.4) is 0 Å². The molecule has 0 unspecified atom stereocenters. The van der Waals surface area contributed by atoms with E-state index in [0.717, 1.165) is 10.9 Å². The molecule has 3 aromatic rings. The zero-order valence-electron chi connectivity index (χ0n) is 9.87. The smallest absolute Gasteiger partial charge is 0.222 e. The zero-order chi connectivity index (χ0) is 12.5. The summed E-state index contributed by atoms with van der Waals surface area (Å²) >= 11 is 0. The summed E-state index contributed by atoms with van der Waals surface area (Å²) in [6.45, 7) is 0. The Hall–Kier alpha value is -2.56. The molecule has 2 aromatic heterocycles. The molecule has 2 N–H and O–H groups in total. The van der Waals surface area contributed by atoms with Crippen molar-refractivity contribution >= 4 is 16.9 Å². The van der Waals surface area contributed by atoms with Crippen molar-refractivity contribution in [3.05, 3.63) is 42.7 Å². The van der Waals surface area contributed by atoms with Crippen LogP contribution in [-0.4, -0.2) is 21.6 Å². The van der Waals surface area contributed by atoms with E-state index in [-0.39, 0.29) is 5.95 Å². The molecule has 0 amide bonds. The van der Waals surface area contributed by atoms with Gasteiger partial charge in [-0.25, -0.2) is 4.98 Å². The number of hydrogen-bond acceptors (Lipinski definition) is 4. The van der Waals surface area contributed by atoms with E-state index in [1.54, 1.807) is 13.3 Å². The Balaban J connectivity index is 2.29. The van der Waals surface area contributed by atoms with E-state index in [9.17, 15) is 0 Å². The maximum atomic E-state index is 5.64. The van der Waals surface area contributed by atoms with Crippen LogP contribution >= 0.6 is 0 Å². The summed E-state index contributed by atoms with van der Waals surface area (Å²) in [6, 6.07) is 10.1. The van der Waals surface area contributed by atoms with Crippen LogP contribution in [0.5, 0.6) is 5.75 Å². The number of ether oxygens (including phenoxy) is 1. The van der Waals surface area contributed by atoms with Gasteiger partial charge < -0.3 is 10.5 Å². The number of anilines is 1. The first-order chi connectivity index (χ1) is 8.79. The van der Waals surface area contributed by atoms with Crippen LogP contribution in [0.2, 0.25) is 0 Å². The summed E-state index contributed by atoms with van der Waals surface area (Å²) in [7, 11) is 1.59. The Morgan fingerprint density at radius 2 is 2.06 bits per heavy atom. The third kappa shape index (κ3) is 1.57. The lowest BCUT2D eigenvalue weighted by molar-refractivity contribution is 0.409. The predicted molar refractivity (Wildman–Crippen MR) is 69.8 cm³/mol. The summed E-state index contributed by atoms with van der Waals surface area (Å²) in [4.78, 5) is 8.17. The minimum atomic E-state index is 0.226. The van der Waals surface area contributed by atoms with E-state index in [2.05, 4.69) is 9.97 Å². The molecule has 0 atom stereocenters. The van der Waals surface area contributed by atoms with Gasteiger partial charge in [0.05, 0.1) is 18.8 Å². The highest BCUT2D eigenvalue weighted by molar-refractivity contribution is 5.82. The van der Waals surface area contributed by atoms with E-state index in [4.69, 9.17) is 10.5 Å². The van der Waals surface area contributed by atoms with Crippen LogP contribution in [0.1, 0.15) is 0 Å². The third-order valence-electron chi connectivity index (χ3n) is 2.80. The summed E-state index contributed by atoms with van der Waals surface area (Å²) < 4.78 is 7.21. The molecule has 90 valence electrons. The van der Waals surface area contributed by atoms with Gasteiger partial charge in [0.25, 0.3) is 0 Å². The van der Waals surface area contributed by atoms with E-state index < -0.39 is 0 Å². The fourth-order valence-electron chi connectivity index (χ4n) is 1.96. The standard InChI is InChI=1S/C13H12N4O/c1-18-11-8-15-13(14)16-12(11)17-7-6-9-4-2-3-5-10(9)17/h2-8H,1H3,(H2,14,15,16). The van der Waals surface area contributed by atoms with Crippen molar-refractivity contribution in [1.29, 1.82) is 0 Å². The molecule has 5 nitrogen and oxygen atoms in total. The minimum Gasteiger partial charge on any atom is -0.491 e. The molecule has 0 spiro atoms. The van der Waals surface area contributed by atoms with Crippen molar-refractivity contribution < 1.29 is 4.74 Å². The van der Waals surface area contributed by atoms with Gasteiger partial charge in [-0.3, -0.25) is 4.57 Å². The first kappa shape index (κ1) is 10.6. The molecule has 0 saturated heterocycles. The van der Waals surface area contributed by atoms with Gasteiger partial charge in [0.2, 0.25) is 5.95 Å². The largest absolute Gasteiger partial charge is 0.491 e. The number of methoxy groups -OCH3 is 1. The van der Waals surface area contributed by atoms with E-state index in [0.29, 0.717) is 11.6 Å². The number of rotatable bonds is 2. The number of aromatic nitrogens is 3. The van der Waals surface area contributed by atoms with Gasteiger partial charge in [0, 0.05) is 6.20 Å². The predicted octanol–water partition coefficient (Wildman–Crippen LogP) is 2.01. The topological polar surface area (TPSA) is 66.0 Å². The van der Waals surface area contributed by atoms with E-state index >= 15 is 0 Å². The van der Waals surface area contributed by atoms with Crippen LogP contribution in [0.25, 0.3) is 16.7 Å². The summed E-state index contributed by atoms with van der Waals surface area (Å²) in [6.07, 6.45) is 3.52. The number of nitrogen functional groups attached to an aromatic ring is 1. The Morgan fingerprint density at radius 1 is 1.22 bits per heavy atom. The van der Waals surface area contributed by atoms with Crippen LogP contribution < -0.4 is 10.5 Å². The molecule has 1 aromatic carbocycles. The third-order valence-corrected chi connectivity index (χ3v) is 2.80. The zero-order valence-corrected chi connectivity index (χ0v) is 9.87. The average Bonchev–Trinajstić information content (AvgIpc) is 2.82. The fourth-order valence-corrected chi connectivity index (χ4v) is 1.96. The molecular formula is C13H12N4O. The second-order valence-electron chi connectivity index (χ2n) is 3.86. The van der Waals surface area contributed by atoms with Gasteiger partial charge in [-0.1, -0.05) is 18.2 Å². The molecule has 5 heteroatoms. The minimum absolute atomic E-state index is 0.226. The van der Waals surface area contributed by atoms with Gasteiger partial charge in [0.1, 0.15) is 0 Å². The van der Waals surface area contributed by atoms with Gasteiger partial charge in [-0.05, 0) is 17.5 Å². The number of fused-ring (bicyclic) bond motifs is 1. The number of nitrogens with two attached hydrogens (primary N) is 1. The molecular weight excluding hydrogens is 228 g/mol. The monoisotopic (exact) mass is 240 g/mol. The number of nitrogens with zero attached hydrogens (tertiary/aromatic N) is 3. The van der Waals surface area contributed by atoms with Crippen LogP contribution in [0.15, 0.2) is 42.7 Å². The highest BCUT2D eigenvalue weighted by Gasteiger charge is 2.10. The lowest BCUT2D eigenvalue weighted by atomic mass is 10.2. The molecule has 0 aliphatic heterocycles. The van der Waals surface area contributed by atoms with Gasteiger partial charge in [-0.2, -0.15) is 4.98 Å². The Morgan fingerprint density at radius 3 is 2.89 bits per heavy atom. The van der Waals surface area contributed by atoms with Crippen molar-refractivity contribution in [3.63, 3.8) is 0 Å². The fraction of sp³-hybridized carbons (Fsp3) is 0.0769. The molecule has 0 aliphatic carbocycles.